The summed E-state index contributed by atoms with van der Waals surface area (Å²) >= 11 is 4.13. The minimum Gasteiger partial charge on any atom is -0.446 e. The second kappa shape index (κ2) is 5.48. The maximum absolute atomic E-state index is 11.5. The van der Waals surface area contributed by atoms with E-state index < -0.39 is 5.60 Å². The van der Waals surface area contributed by atoms with Gasteiger partial charge < -0.3 is 15.2 Å². The molecule has 0 aromatic heterocycles. The van der Waals surface area contributed by atoms with Gasteiger partial charge in [0.25, 0.3) is 0 Å². The van der Waals surface area contributed by atoms with Gasteiger partial charge in [-0.25, -0.2) is 4.79 Å². The fraction of sp³-hybridized carbons (Fsp3) is 0.917. The Hall–Kier alpha value is -0.420. The Balaban J connectivity index is 2.34. The molecule has 0 aromatic carbocycles. The van der Waals surface area contributed by atoms with Gasteiger partial charge in [-0.3, -0.25) is 0 Å². The molecule has 0 aromatic rings. The minimum atomic E-state index is -0.677. The molecule has 0 unspecified atom stereocenters. The smallest absolute Gasteiger partial charge is 0.407 e. The summed E-state index contributed by atoms with van der Waals surface area (Å²) in [6.45, 7) is 5.73. The number of hydrogen-bond acceptors (Lipinski definition) is 4. The van der Waals surface area contributed by atoms with E-state index in [1.54, 1.807) is 0 Å². The highest BCUT2D eigenvalue weighted by Crippen LogP contribution is 2.30. The third-order valence-electron chi connectivity index (χ3n) is 2.91. The van der Waals surface area contributed by atoms with Crippen LogP contribution in [0.5, 0.6) is 0 Å². The number of aliphatic hydroxyl groups is 1. The van der Waals surface area contributed by atoms with Crippen molar-refractivity contribution in [3.8, 4) is 0 Å². The predicted octanol–water partition coefficient (Wildman–Crippen LogP) is 2.11. The standard InChI is InChI=1S/C12H23NO3S/c1-11(2,3)13-10(14)16-9-4-6-12(15,8-17)7-5-9/h9,15,17H,4-8H2,1-3H3,(H,13,14). The van der Waals surface area contributed by atoms with Crippen LogP contribution in [-0.2, 0) is 4.74 Å². The van der Waals surface area contributed by atoms with Gasteiger partial charge in [0.2, 0.25) is 0 Å². The van der Waals surface area contributed by atoms with Gasteiger partial charge in [-0.05, 0) is 46.5 Å². The van der Waals surface area contributed by atoms with Crippen molar-refractivity contribution in [2.24, 2.45) is 0 Å². The normalized spacial score (nSPS) is 29.8. The summed E-state index contributed by atoms with van der Waals surface area (Å²) in [6.07, 6.45) is 2.23. The highest BCUT2D eigenvalue weighted by Gasteiger charge is 2.33. The zero-order valence-electron chi connectivity index (χ0n) is 10.8. The summed E-state index contributed by atoms with van der Waals surface area (Å²) in [6, 6.07) is 0. The number of rotatable bonds is 2. The quantitative estimate of drug-likeness (QED) is 0.667. The minimum absolute atomic E-state index is 0.0856. The van der Waals surface area contributed by atoms with Gasteiger partial charge >= 0.3 is 6.09 Å². The Kier molecular flexibility index (Phi) is 4.72. The molecule has 0 radical (unpaired) electrons. The molecule has 1 aliphatic carbocycles. The highest BCUT2D eigenvalue weighted by molar-refractivity contribution is 7.80. The van der Waals surface area contributed by atoms with Crippen molar-refractivity contribution in [1.29, 1.82) is 0 Å². The van der Waals surface area contributed by atoms with E-state index >= 15 is 0 Å². The number of hydrogen-bond donors (Lipinski definition) is 3. The van der Waals surface area contributed by atoms with Crippen molar-refractivity contribution in [3.05, 3.63) is 0 Å². The fourth-order valence-electron chi connectivity index (χ4n) is 1.89. The monoisotopic (exact) mass is 261 g/mol. The van der Waals surface area contributed by atoms with Gasteiger partial charge in [-0.2, -0.15) is 12.6 Å². The van der Waals surface area contributed by atoms with E-state index in [4.69, 9.17) is 4.74 Å². The first-order chi connectivity index (χ1) is 7.74. The van der Waals surface area contributed by atoms with Crippen molar-refractivity contribution in [2.45, 2.75) is 63.7 Å². The van der Waals surface area contributed by atoms with E-state index in [9.17, 15) is 9.90 Å². The van der Waals surface area contributed by atoms with Crippen molar-refractivity contribution >= 4 is 18.7 Å². The Morgan fingerprint density at radius 1 is 1.47 bits per heavy atom. The van der Waals surface area contributed by atoms with Gasteiger partial charge in [0, 0.05) is 11.3 Å². The first-order valence-corrected chi connectivity index (χ1v) is 6.69. The Bertz CT molecular complexity index is 267. The van der Waals surface area contributed by atoms with Crippen molar-refractivity contribution in [2.75, 3.05) is 5.75 Å². The predicted molar refractivity (Wildman–Crippen MR) is 70.4 cm³/mol. The van der Waals surface area contributed by atoms with E-state index in [0.717, 1.165) is 0 Å². The third kappa shape index (κ3) is 5.17. The second-order valence-electron chi connectivity index (χ2n) is 5.86. The molecular weight excluding hydrogens is 238 g/mol. The van der Waals surface area contributed by atoms with Crippen molar-refractivity contribution < 1.29 is 14.6 Å². The molecule has 2 N–H and O–H groups in total. The summed E-state index contributed by atoms with van der Waals surface area (Å²) in [5.41, 5.74) is -0.957. The Morgan fingerprint density at radius 2 is 2.00 bits per heavy atom. The lowest BCUT2D eigenvalue weighted by Crippen LogP contribution is -2.44. The summed E-state index contributed by atoms with van der Waals surface area (Å²) in [4.78, 5) is 11.5. The number of carbonyl (C=O) groups excluding carboxylic acids is 1. The van der Waals surface area contributed by atoms with E-state index in [2.05, 4.69) is 17.9 Å². The zero-order valence-corrected chi connectivity index (χ0v) is 11.7. The van der Waals surface area contributed by atoms with Crippen LogP contribution in [0.4, 0.5) is 4.79 Å². The number of alkyl carbamates (subject to hydrolysis) is 1. The number of amides is 1. The van der Waals surface area contributed by atoms with E-state index in [1.807, 2.05) is 20.8 Å². The van der Waals surface area contributed by atoms with Crippen LogP contribution in [0, 0.1) is 0 Å². The molecule has 0 saturated heterocycles. The summed E-state index contributed by atoms with van der Waals surface area (Å²) in [5.74, 6) is 0.466. The van der Waals surface area contributed by atoms with Crippen LogP contribution >= 0.6 is 12.6 Å². The molecule has 5 heteroatoms. The SMILES string of the molecule is CC(C)(C)NC(=O)OC1CCC(O)(CS)CC1. The van der Waals surface area contributed by atoms with Crippen molar-refractivity contribution in [3.63, 3.8) is 0 Å². The van der Waals surface area contributed by atoms with Crippen LogP contribution < -0.4 is 5.32 Å². The lowest BCUT2D eigenvalue weighted by molar-refractivity contribution is -0.0208. The van der Waals surface area contributed by atoms with Gasteiger partial charge in [0.15, 0.2) is 0 Å². The maximum atomic E-state index is 11.5. The molecule has 1 saturated carbocycles. The average molecular weight is 261 g/mol. The topological polar surface area (TPSA) is 58.6 Å². The molecule has 1 rings (SSSR count). The average Bonchev–Trinajstić information content (AvgIpc) is 2.19. The molecule has 0 atom stereocenters. The van der Waals surface area contributed by atoms with Gasteiger partial charge in [0.1, 0.15) is 6.10 Å². The molecule has 0 aliphatic heterocycles. The van der Waals surface area contributed by atoms with Crippen LogP contribution in [0.25, 0.3) is 0 Å². The molecule has 1 aliphatic rings. The molecule has 0 bridgehead atoms. The van der Waals surface area contributed by atoms with Crippen LogP contribution in [0.15, 0.2) is 0 Å². The second-order valence-corrected chi connectivity index (χ2v) is 6.18. The number of thiol groups is 1. The highest BCUT2D eigenvalue weighted by atomic mass is 32.1. The van der Waals surface area contributed by atoms with Crippen LogP contribution in [-0.4, -0.2) is 34.2 Å². The van der Waals surface area contributed by atoms with Gasteiger partial charge in [0.05, 0.1) is 5.60 Å². The molecule has 100 valence electrons. The first-order valence-electron chi connectivity index (χ1n) is 6.06. The van der Waals surface area contributed by atoms with E-state index in [0.29, 0.717) is 31.4 Å². The van der Waals surface area contributed by atoms with Gasteiger partial charge in [-0.1, -0.05) is 0 Å². The molecule has 4 nitrogen and oxygen atoms in total. The van der Waals surface area contributed by atoms with Crippen LogP contribution in [0.3, 0.4) is 0 Å². The summed E-state index contributed by atoms with van der Waals surface area (Å²) in [7, 11) is 0. The van der Waals surface area contributed by atoms with E-state index in [1.165, 1.54) is 0 Å². The lowest BCUT2D eigenvalue weighted by Gasteiger charge is -2.34. The summed E-state index contributed by atoms with van der Waals surface area (Å²) < 4.78 is 5.32. The maximum Gasteiger partial charge on any atom is 0.407 e. The number of ether oxygens (including phenoxy) is 1. The molecule has 17 heavy (non-hydrogen) atoms. The van der Waals surface area contributed by atoms with Crippen molar-refractivity contribution in [1.82, 2.24) is 5.32 Å². The lowest BCUT2D eigenvalue weighted by atomic mass is 9.85. The Morgan fingerprint density at radius 3 is 2.41 bits per heavy atom. The van der Waals surface area contributed by atoms with Crippen LogP contribution in [0.2, 0.25) is 0 Å². The molecular formula is C12H23NO3S. The number of nitrogens with one attached hydrogen (secondary N) is 1. The zero-order chi connectivity index (χ0) is 13.1. The van der Waals surface area contributed by atoms with E-state index in [-0.39, 0.29) is 17.7 Å². The third-order valence-corrected chi connectivity index (χ3v) is 3.50. The van der Waals surface area contributed by atoms with Gasteiger partial charge in [-0.15, -0.1) is 0 Å². The molecule has 1 fully saturated rings. The molecule has 0 spiro atoms. The van der Waals surface area contributed by atoms with Crippen LogP contribution in [0.1, 0.15) is 46.5 Å². The largest absolute Gasteiger partial charge is 0.446 e. The molecule has 1 amide bonds. The first kappa shape index (κ1) is 14.6. The molecule has 0 heterocycles. The fourth-order valence-corrected chi connectivity index (χ4v) is 2.21. The number of carbonyl (C=O) groups is 1. The summed E-state index contributed by atoms with van der Waals surface area (Å²) in [5, 5.41) is 12.7. The Labute approximate surface area is 109 Å².